The van der Waals surface area contributed by atoms with Crippen molar-refractivity contribution in [3.05, 3.63) is 34.9 Å². The molecule has 1 aromatic rings. The zero-order valence-electron chi connectivity index (χ0n) is 11.1. The molecule has 2 rings (SSSR count). The summed E-state index contributed by atoms with van der Waals surface area (Å²) in [5, 5.41) is 6.12. The van der Waals surface area contributed by atoms with Gasteiger partial charge in [-0.2, -0.15) is 0 Å². The summed E-state index contributed by atoms with van der Waals surface area (Å²) < 4.78 is 0. The van der Waals surface area contributed by atoms with Crippen molar-refractivity contribution in [3.8, 4) is 0 Å². The van der Waals surface area contributed by atoms with E-state index < -0.39 is 0 Å². The SMILES string of the molecule is CCNCCNC(=O)Cc1ccc2c(c1)CCC2. The lowest BCUT2D eigenvalue weighted by molar-refractivity contribution is -0.120. The van der Waals surface area contributed by atoms with Gasteiger partial charge in [0.1, 0.15) is 0 Å². The van der Waals surface area contributed by atoms with E-state index in [9.17, 15) is 4.79 Å². The Morgan fingerprint density at radius 3 is 2.89 bits per heavy atom. The number of nitrogens with one attached hydrogen (secondary N) is 2. The second kappa shape index (κ2) is 6.55. The predicted octanol–water partition coefficient (Wildman–Crippen LogP) is 1.44. The molecule has 0 atom stereocenters. The maximum Gasteiger partial charge on any atom is 0.224 e. The standard InChI is InChI=1S/C15H22N2O/c1-2-16-8-9-17-15(18)11-12-6-7-13-4-3-5-14(13)10-12/h6-7,10,16H,2-5,8-9,11H2,1H3,(H,17,18). The van der Waals surface area contributed by atoms with E-state index in [1.807, 2.05) is 0 Å². The molecule has 18 heavy (non-hydrogen) atoms. The van der Waals surface area contributed by atoms with Crippen molar-refractivity contribution in [3.63, 3.8) is 0 Å². The van der Waals surface area contributed by atoms with Crippen LogP contribution in [-0.4, -0.2) is 25.5 Å². The van der Waals surface area contributed by atoms with Gasteiger partial charge in [0.05, 0.1) is 6.42 Å². The quantitative estimate of drug-likeness (QED) is 0.746. The molecular formula is C15H22N2O. The number of carbonyl (C=O) groups is 1. The topological polar surface area (TPSA) is 41.1 Å². The van der Waals surface area contributed by atoms with Crippen LogP contribution >= 0.6 is 0 Å². The number of aryl methyl sites for hydroxylation is 2. The van der Waals surface area contributed by atoms with Crippen molar-refractivity contribution in [1.82, 2.24) is 10.6 Å². The van der Waals surface area contributed by atoms with E-state index in [4.69, 9.17) is 0 Å². The summed E-state index contributed by atoms with van der Waals surface area (Å²) in [6, 6.07) is 6.48. The molecule has 3 nitrogen and oxygen atoms in total. The number of fused-ring (bicyclic) bond motifs is 1. The summed E-state index contributed by atoms with van der Waals surface area (Å²) in [7, 11) is 0. The molecule has 98 valence electrons. The normalized spacial score (nSPS) is 13.4. The highest BCUT2D eigenvalue weighted by Gasteiger charge is 2.11. The highest BCUT2D eigenvalue weighted by atomic mass is 16.1. The molecule has 1 amide bonds. The highest BCUT2D eigenvalue weighted by molar-refractivity contribution is 5.78. The van der Waals surface area contributed by atoms with Crippen LogP contribution in [0.4, 0.5) is 0 Å². The first-order valence-corrected chi connectivity index (χ1v) is 6.87. The van der Waals surface area contributed by atoms with Crippen LogP contribution in [0, 0.1) is 0 Å². The molecule has 0 aromatic heterocycles. The molecule has 0 unspecified atom stereocenters. The van der Waals surface area contributed by atoms with E-state index in [2.05, 4.69) is 35.8 Å². The first-order chi connectivity index (χ1) is 8.79. The van der Waals surface area contributed by atoms with Gasteiger partial charge >= 0.3 is 0 Å². The van der Waals surface area contributed by atoms with Crippen molar-refractivity contribution in [2.24, 2.45) is 0 Å². The number of likely N-dealkylation sites (N-methyl/N-ethyl adjacent to an activating group) is 1. The van der Waals surface area contributed by atoms with Crippen LogP contribution in [0.3, 0.4) is 0 Å². The number of hydrogen-bond acceptors (Lipinski definition) is 2. The van der Waals surface area contributed by atoms with Gasteiger partial charge in [0.15, 0.2) is 0 Å². The van der Waals surface area contributed by atoms with Gasteiger partial charge in [-0.1, -0.05) is 25.1 Å². The third-order valence-corrected chi connectivity index (χ3v) is 3.40. The van der Waals surface area contributed by atoms with E-state index in [-0.39, 0.29) is 5.91 Å². The van der Waals surface area contributed by atoms with Crippen molar-refractivity contribution >= 4 is 5.91 Å². The molecule has 1 aliphatic rings. The molecule has 2 N–H and O–H groups in total. The highest BCUT2D eigenvalue weighted by Crippen LogP contribution is 2.22. The molecule has 0 saturated heterocycles. The third-order valence-electron chi connectivity index (χ3n) is 3.40. The summed E-state index contributed by atoms with van der Waals surface area (Å²) in [4.78, 5) is 11.7. The molecule has 0 heterocycles. The number of rotatable bonds is 6. The molecule has 0 aliphatic heterocycles. The van der Waals surface area contributed by atoms with Crippen LogP contribution in [0.5, 0.6) is 0 Å². The van der Waals surface area contributed by atoms with E-state index in [1.54, 1.807) is 0 Å². The zero-order valence-corrected chi connectivity index (χ0v) is 11.1. The zero-order chi connectivity index (χ0) is 12.8. The molecule has 0 spiro atoms. The fourth-order valence-electron chi connectivity index (χ4n) is 2.45. The first kappa shape index (κ1) is 13.1. The van der Waals surface area contributed by atoms with Gasteiger partial charge in [-0.3, -0.25) is 4.79 Å². The van der Waals surface area contributed by atoms with Gasteiger partial charge in [0, 0.05) is 13.1 Å². The Bertz CT molecular complexity index is 415. The average molecular weight is 246 g/mol. The van der Waals surface area contributed by atoms with Crippen LogP contribution in [0.2, 0.25) is 0 Å². The fraction of sp³-hybridized carbons (Fsp3) is 0.533. The van der Waals surface area contributed by atoms with E-state index in [0.717, 1.165) is 18.7 Å². The summed E-state index contributed by atoms with van der Waals surface area (Å²) in [6.45, 7) is 4.55. The first-order valence-electron chi connectivity index (χ1n) is 6.87. The summed E-state index contributed by atoms with van der Waals surface area (Å²) in [5.41, 5.74) is 4.04. The largest absolute Gasteiger partial charge is 0.355 e. The molecule has 0 bridgehead atoms. The van der Waals surface area contributed by atoms with Crippen molar-refractivity contribution < 1.29 is 4.79 Å². The monoisotopic (exact) mass is 246 g/mol. The Kier molecular flexibility index (Phi) is 4.76. The lowest BCUT2D eigenvalue weighted by atomic mass is 10.0. The molecule has 1 aliphatic carbocycles. The Morgan fingerprint density at radius 2 is 2.06 bits per heavy atom. The van der Waals surface area contributed by atoms with Crippen LogP contribution in [-0.2, 0) is 24.1 Å². The van der Waals surface area contributed by atoms with Crippen LogP contribution in [0.1, 0.15) is 30.0 Å². The third kappa shape index (κ3) is 3.57. The van der Waals surface area contributed by atoms with Crippen LogP contribution < -0.4 is 10.6 Å². The van der Waals surface area contributed by atoms with Crippen LogP contribution in [0.15, 0.2) is 18.2 Å². The summed E-state index contributed by atoms with van der Waals surface area (Å²) in [5.74, 6) is 0.117. The Morgan fingerprint density at radius 1 is 1.22 bits per heavy atom. The van der Waals surface area contributed by atoms with Gasteiger partial charge in [0.2, 0.25) is 5.91 Å². The minimum atomic E-state index is 0.117. The Labute approximate surface area is 109 Å². The minimum Gasteiger partial charge on any atom is -0.355 e. The molecule has 3 heteroatoms. The molecule has 0 saturated carbocycles. The Hall–Kier alpha value is -1.35. The van der Waals surface area contributed by atoms with E-state index in [0.29, 0.717) is 13.0 Å². The van der Waals surface area contributed by atoms with Gasteiger partial charge in [-0.25, -0.2) is 0 Å². The molecule has 0 fully saturated rings. The predicted molar refractivity (Wildman–Crippen MR) is 73.7 cm³/mol. The summed E-state index contributed by atoms with van der Waals surface area (Å²) in [6.07, 6.45) is 4.13. The van der Waals surface area contributed by atoms with Crippen molar-refractivity contribution in [1.29, 1.82) is 0 Å². The number of hydrogen-bond donors (Lipinski definition) is 2. The number of amides is 1. The number of benzene rings is 1. The average Bonchev–Trinajstić information content (AvgIpc) is 2.82. The van der Waals surface area contributed by atoms with Gasteiger partial charge < -0.3 is 10.6 Å². The molecular weight excluding hydrogens is 224 g/mol. The van der Waals surface area contributed by atoms with E-state index >= 15 is 0 Å². The molecule has 0 radical (unpaired) electrons. The van der Waals surface area contributed by atoms with Crippen molar-refractivity contribution in [2.45, 2.75) is 32.6 Å². The van der Waals surface area contributed by atoms with Crippen molar-refractivity contribution in [2.75, 3.05) is 19.6 Å². The lowest BCUT2D eigenvalue weighted by Crippen LogP contribution is -2.32. The minimum absolute atomic E-state index is 0.117. The fourth-order valence-corrected chi connectivity index (χ4v) is 2.45. The Balaban J connectivity index is 1.80. The van der Waals surface area contributed by atoms with Crippen LogP contribution in [0.25, 0.3) is 0 Å². The second-order valence-electron chi connectivity index (χ2n) is 4.84. The van der Waals surface area contributed by atoms with E-state index in [1.165, 1.54) is 30.4 Å². The van der Waals surface area contributed by atoms with Gasteiger partial charge in [-0.05, 0) is 42.5 Å². The summed E-state index contributed by atoms with van der Waals surface area (Å²) >= 11 is 0. The smallest absolute Gasteiger partial charge is 0.224 e. The second-order valence-corrected chi connectivity index (χ2v) is 4.84. The maximum absolute atomic E-state index is 11.7. The number of carbonyl (C=O) groups excluding carboxylic acids is 1. The lowest BCUT2D eigenvalue weighted by Gasteiger charge is -2.07. The maximum atomic E-state index is 11.7. The van der Waals surface area contributed by atoms with Gasteiger partial charge in [-0.15, -0.1) is 0 Å². The van der Waals surface area contributed by atoms with Gasteiger partial charge in [0.25, 0.3) is 0 Å². The molecule has 1 aromatic carbocycles.